The lowest BCUT2D eigenvalue weighted by atomic mass is 10.0. The smallest absolute Gasteiger partial charge is 0.251 e. The SMILES string of the molecule is O=c1cc(-c2c[nH]c3ncc(N4CCC5(CC4)OCCO5)cc23)ccn1Cc1cccc(Cl)c1. The van der Waals surface area contributed by atoms with Crippen LogP contribution in [0.25, 0.3) is 22.2 Å². The number of hydrogen-bond donors (Lipinski definition) is 1. The molecule has 1 N–H and O–H groups in total. The zero-order valence-corrected chi connectivity index (χ0v) is 19.4. The van der Waals surface area contributed by atoms with Gasteiger partial charge in [-0.2, -0.15) is 0 Å². The van der Waals surface area contributed by atoms with E-state index in [-0.39, 0.29) is 5.56 Å². The van der Waals surface area contributed by atoms with E-state index in [0.717, 1.165) is 59.3 Å². The van der Waals surface area contributed by atoms with Crippen LogP contribution < -0.4 is 10.5 Å². The maximum absolute atomic E-state index is 12.9. The number of rotatable bonds is 4. The van der Waals surface area contributed by atoms with Crippen molar-refractivity contribution in [2.45, 2.75) is 25.2 Å². The highest BCUT2D eigenvalue weighted by molar-refractivity contribution is 6.30. The minimum atomic E-state index is -0.400. The fraction of sp³-hybridized carbons (Fsp3) is 0.308. The summed E-state index contributed by atoms with van der Waals surface area (Å²) in [6.45, 7) is 3.54. The zero-order chi connectivity index (χ0) is 23.1. The van der Waals surface area contributed by atoms with Crippen molar-refractivity contribution in [2.24, 2.45) is 0 Å². The summed E-state index contributed by atoms with van der Waals surface area (Å²) >= 11 is 6.09. The summed E-state index contributed by atoms with van der Waals surface area (Å²) < 4.78 is 13.4. The predicted octanol–water partition coefficient (Wildman–Crippen LogP) is 4.44. The molecule has 174 valence electrons. The largest absolute Gasteiger partial charge is 0.370 e. The molecule has 34 heavy (non-hydrogen) atoms. The third kappa shape index (κ3) is 4.00. The molecule has 2 fully saturated rings. The Hall–Kier alpha value is -3.13. The van der Waals surface area contributed by atoms with Gasteiger partial charge in [-0.3, -0.25) is 4.79 Å². The summed E-state index contributed by atoms with van der Waals surface area (Å²) in [5.74, 6) is -0.400. The van der Waals surface area contributed by atoms with Crippen molar-refractivity contribution in [1.29, 1.82) is 0 Å². The second-order valence-corrected chi connectivity index (χ2v) is 9.33. The third-order valence-corrected chi connectivity index (χ3v) is 7.00. The van der Waals surface area contributed by atoms with Crippen LogP contribution in [0.15, 0.2) is 65.8 Å². The molecule has 6 rings (SSSR count). The molecule has 1 spiro atoms. The molecule has 0 unspecified atom stereocenters. The van der Waals surface area contributed by atoms with Gasteiger partial charge in [-0.25, -0.2) is 4.98 Å². The molecule has 7 nitrogen and oxygen atoms in total. The quantitative estimate of drug-likeness (QED) is 0.471. The number of nitrogens with one attached hydrogen (secondary N) is 1. The van der Waals surface area contributed by atoms with Gasteiger partial charge in [0.15, 0.2) is 5.79 Å². The van der Waals surface area contributed by atoms with Crippen LogP contribution in [0.5, 0.6) is 0 Å². The van der Waals surface area contributed by atoms with Gasteiger partial charge in [-0.05, 0) is 35.4 Å². The van der Waals surface area contributed by atoms with Crippen LogP contribution >= 0.6 is 11.6 Å². The highest BCUT2D eigenvalue weighted by Gasteiger charge is 2.39. The van der Waals surface area contributed by atoms with Crippen molar-refractivity contribution < 1.29 is 9.47 Å². The van der Waals surface area contributed by atoms with Crippen LogP contribution in [0.3, 0.4) is 0 Å². The number of nitrogens with zero attached hydrogens (tertiary/aromatic N) is 3. The Morgan fingerprint density at radius 1 is 1.09 bits per heavy atom. The van der Waals surface area contributed by atoms with Gasteiger partial charge in [-0.1, -0.05) is 23.7 Å². The molecular weight excluding hydrogens is 452 g/mol. The van der Waals surface area contributed by atoms with Crippen LogP contribution in [-0.2, 0) is 16.0 Å². The topological polar surface area (TPSA) is 72.4 Å². The monoisotopic (exact) mass is 476 g/mol. The van der Waals surface area contributed by atoms with E-state index in [2.05, 4.69) is 20.9 Å². The Bertz CT molecular complexity index is 1400. The van der Waals surface area contributed by atoms with E-state index in [9.17, 15) is 4.79 Å². The first-order valence-corrected chi connectivity index (χ1v) is 11.9. The minimum Gasteiger partial charge on any atom is -0.370 e. The van der Waals surface area contributed by atoms with Crippen LogP contribution in [0.1, 0.15) is 18.4 Å². The normalized spacial score (nSPS) is 17.6. The second kappa shape index (κ2) is 8.58. The molecule has 0 radical (unpaired) electrons. The molecular formula is C26H25ClN4O3. The molecule has 2 aliphatic rings. The molecule has 8 heteroatoms. The fourth-order valence-electron chi connectivity index (χ4n) is 4.93. The van der Waals surface area contributed by atoms with Crippen LogP contribution in [-0.4, -0.2) is 46.6 Å². The van der Waals surface area contributed by atoms with Gasteiger partial charge in [0.25, 0.3) is 5.56 Å². The van der Waals surface area contributed by atoms with Crippen molar-refractivity contribution >= 4 is 28.3 Å². The number of piperidine rings is 1. The van der Waals surface area contributed by atoms with E-state index >= 15 is 0 Å². The number of hydrogen-bond acceptors (Lipinski definition) is 5. The second-order valence-electron chi connectivity index (χ2n) is 8.90. The summed E-state index contributed by atoms with van der Waals surface area (Å²) in [5.41, 5.74) is 4.62. The maximum atomic E-state index is 12.9. The number of ether oxygens (including phenoxy) is 2. The lowest BCUT2D eigenvalue weighted by Crippen LogP contribution is -2.45. The molecule has 0 aliphatic carbocycles. The van der Waals surface area contributed by atoms with Crippen molar-refractivity contribution in [2.75, 3.05) is 31.2 Å². The first-order chi connectivity index (χ1) is 16.6. The Morgan fingerprint density at radius 3 is 2.68 bits per heavy atom. The lowest BCUT2D eigenvalue weighted by Gasteiger charge is -2.38. The van der Waals surface area contributed by atoms with Crippen LogP contribution in [0, 0.1) is 0 Å². The molecule has 0 bridgehead atoms. The summed E-state index contributed by atoms with van der Waals surface area (Å²) in [5, 5.41) is 1.66. The average Bonchev–Trinajstić information content (AvgIpc) is 3.48. The summed E-state index contributed by atoms with van der Waals surface area (Å²) in [6, 6.07) is 13.4. The summed E-state index contributed by atoms with van der Waals surface area (Å²) in [6.07, 6.45) is 7.34. The fourth-order valence-corrected chi connectivity index (χ4v) is 5.15. The number of anilines is 1. The van der Waals surface area contributed by atoms with Crippen molar-refractivity contribution in [3.63, 3.8) is 0 Å². The molecule has 4 aromatic rings. The minimum absolute atomic E-state index is 0.0613. The molecule has 0 atom stereocenters. The number of halogens is 1. The van der Waals surface area contributed by atoms with E-state index in [4.69, 9.17) is 21.1 Å². The standard InChI is InChI=1S/C26H25ClN4O3/c27-20-3-1-2-18(12-20)17-31-7-4-19(13-24(31)32)23-16-29-25-22(23)14-21(15-28-25)30-8-5-26(6-9-30)33-10-11-34-26/h1-4,7,12-16H,5-6,8-11,17H2,(H,28,29). The van der Waals surface area contributed by atoms with Gasteiger partial charge in [0, 0.05) is 60.4 Å². The number of benzene rings is 1. The molecule has 2 aliphatic heterocycles. The first-order valence-electron chi connectivity index (χ1n) is 11.5. The van der Waals surface area contributed by atoms with E-state index in [1.54, 1.807) is 10.6 Å². The van der Waals surface area contributed by atoms with Crippen molar-refractivity contribution in [1.82, 2.24) is 14.5 Å². The van der Waals surface area contributed by atoms with E-state index in [0.29, 0.717) is 24.8 Å². The lowest BCUT2D eigenvalue weighted by molar-refractivity contribution is -0.169. The number of aromatic nitrogens is 3. The number of aromatic amines is 1. The van der Waals surface area contributed by atoms with E-state index in [1.807, 2.05) is 48.9 Å². The maximum Gasteiger partial charge on any atom is 0.251 e. The molecule has 3 aromatic heterocycles. The predicted molar refractivity (Wildman–Crippen MR) is 132 cm³/mol. The molecule has 1 aromatic carbocycles. The first kappa shape index (κ1) is 21.4. The van der Waals surface area contributed by atoms with Gasteiger partial charge >= 0.3 is 0 Å². The van der Waals surface area contributed by atoms with Crippen molar-refractivity contribution in [3.8, 4) is 11.1 Å². The molecule has 0 amide bonds. The van der Waals surface area contributed by atoms with Crippen LogP contribution in [0.4, 0.5) is 5.69 Å². The number of pyridine rings is 2. The Labute approximate surface area is 201 Å². The van der Waals surface area contributed by atoms with Crippen molar-refractivity contribution in [3.05, 3.63) is 82.0 Å². The van der Waals surface area contributed by atoms with Crippen LogP contribution in [0.2, 0.25) is 5.02 Å². The molecule has 5 heterocycles. The molecule has 0 saturated carbocycles. The third-order valence-electron chi connectivity index (χ3n) is 6.77. The Balaban J connectivity index is 1.26. The van der Waals surface area contributed by atoms with E-state index < -0.39 is 5.79 Å². The Kier molecular flexibility index (Phi) is 5.40. The van der Waals surface area contributed by atoms with Gasteiger partial charge in [0.1, 0.15) is 5.65 Å². The van der Waals surface area contributed by atoms with Gasteiger partial charge < -0.3 is 23.9 Å². The summed E-state index contributed by atoms with van der Waals surface area (Å²) in [7, 11) is 0. The molecule has 2 saturated heterocycles. The number of H-pyrrole nitrogens is 1. The van der Waals surface area contributed by atoms with Gasteiger partial charge in [0.05, 0.1) is 31.6 Å². The Morgan fingerprint density at radius 2 is 1.91 bits per heavy atom. The number of fused-ring (bicyclic) bond motifs is 1. The van der Waals surface area contributed by atoms with E-state index in [1.165, 1.54) is 0 Å². The van der Waals surface area contributed by atoms with Gasteiger partial charge in [-0.15, -0.1) is 0 Å². The zero-order valence-electron chi connectivity index (χ0n) is 18.7. The van der Waals surface area contributed by atoms with Gasteiger partial charge in [0.2, 0.25) is 0 Å². The highest BCUT2D eigenvalue weighted by atomic mass is 35.5. The highest BCUT2D eigenvalue weighted by Crippen LogP contribution is 2.35. The summed E-state index contributed by atoms with van der Waals surface area (Å²) in [4.78, 5) is 23.1. The average molecular weight is 477 g/mol.